The minimum absolute atomic E-state index is 0.00935. The summed E-state index contributed by atoms with van der Waals surface area (Å²) in [6.07, 6.45) is 3.43. The van der Waals surface area contributed by atoms with Gasteiger partial charge in [-0.2, -0.15) is 5.10 Å². The van der Waals surface area contributed by atoms with Gasteiger partial charge in [0.25, 0.3) is 0 Å². The summed E-state index contributed by atoms with van der Waals surface area (Å²) in [7, 11) is 0. The largest absolute Gasteiger partial charge is 0.284 e. The molecule has 1 aliphatic heterocycles. The maximum Gasteiger partial charge on any atom is 0.166 e. The Labute approximate surface area is 76.9 Å². The van der Waals surface area contributed by atoms with E-state index in [0.717, 1.165) is 12.4 Å². The van der Waals surface area contributed by atoms with Crippen molar-refractivity contribution in [2.75, 3.05) is 6.54 Å². The van der Waals surface area contributed by atoms with Gasteiger partial charge in [0.05, 0.1) is 0 Å². The summed E-state index contributed by atoms with van der Waals surface area (Å²) in [6, 6.07) is 0.329. The zero-order valence-corrected chi connectivity index (χ0v) is 7.81. The van der Waals surface area contributed by atoms with Crippen LogP contribution in [0, 0.1) is 0 Å². The standard InChI is InChI=1S/C8H13N5/c1-6(2)13-8(11-5-12-13)7-9-3-4-10-7/h3,5-7,10H,4H2,1-2H3. The van der Waals surface area contributed by atoms with Gasteiger partial charge in [0.15, 0.2) is 12.0 Å². The van der Waals surface area contributed by atoms with Crippen LogP contribution in [0.5, 0.6) is 0 Å². The van der Waals surface area contributed by atoms with E-state index in [1.807, 2.05) is 10.9 Å². The van der Waals surface area contributed by atoms with Crippen LogP contribution >= 0.6 is 0 Å². The fourth-order valence-electron chi connectivity index (χ4n) is 1.39. The third kappa shape index (κ3) is 1.47. The van der Waals surface area contributed by atoms with Crippen LogP contribution in [0.1, 0.15) is 31.9 Å². The normalized spacial score (nSPS) is 21.6. The lowest BCUT2D eigenvalue weighted by Gasteiger charge is -2.12. The predicted octanol–water partition coefficient (Wildman–Crippen LogP) is 0.532. The summed E-state index contributed by atoms with van der Waals surface area (Å²) in [5.74, 6) is 0.892. The van der Waals surface area contributed by atoms with Crippen LogP contribution in [-0.4, -0.2) is 27.5 Å². The molecule has 0 aromatic carbocycles. The molecule has 70 valence electrons. The molecule has 1 aromatic rings. The molecule has 1 aliphatic rings. The van der Waals surface area contributed by atoms with Gasteiger partial charge in [-0.05, 0) is 13.8 Å². The Morgan fingerprint density at radius 2 is 2.46 bits per heavy atom. The van der Waals surface area contributed by atoms with Crippen LogP contribution in [0.2, 0.25) is 0 Å². The molecule has 0 aliphatic carbocycles. The Bertz CT molecular complexity index is 314. The lowest BCUT2D eigenvalue weighted by molar-refractivity contribution is 0.465. The number of hydrogen-bond acceptors (Lipinski definition) is 4. The van der Waals surface area contributed by atoms with Crippen LogP contribution in [0.3, 0.4) is 0 Å². The Morgan fingerprint density at radius 1 is 1.62 bits per heavy atom. The zero-order chi connectivity index (χ0) is 9.26. The first-order chi connectivity index (χ1) is 6.29. The van der Waals surface area contributed by atoms with Gasteiger partial charge in [-0.3, -0.25) is 10.3 Å². The van der Waals surface area contributed by atoms with Gasteiger partial charge in [0.1, 0.15) is 6.33 Å². The van der Waals surface area contributed by atoms with E-state index < -0.39 is 0 Å². The third-order valence-corrected chi connectivity index (χ3v) is 1.99. The van der Waals surface area contributed by atoms with Gasteiger partial charge in [-0.25, -0.2) is 9.67 Å². The van der Waals surface area contributed by atoms with Crippen molar-refractivity contribution in [2.24, 2.45) is 4.99 Å². The topological polar surface area (TPSA) is 55.1 Å². The molecule has 1 unspecified atom stereocenters. The number of nitrogens with one attached hydrogen (secondary N) is 1. The molecule has 0 saturated carbocycles. The number of rotatable bonds is 2. The molecule has 2 rings (SSSR count). The van der Waals surface area contributed by atoms with Crippen molar-refractivity contribution in [3.8, 4) is 0 Å². The van der Waals surface area contributed by atoms with E-state index in [1.54, 1.807) is 6.33 Å². The lowest BCUT2D eigenvalue weighted by atomic mass is 10.4. The molecule has 0 saturated heterocycles. The molecular formula is C8H13N5. The second-order valence-corrected chi connectivity index (χ2v) is 3.30. The van der Waals surface area contributed by atoms with Crippen molar-refractivity contribution < 1.29 is 0 Å². The minimum atomic E-state index is -0.00935. The van der Waals surface area contributed by atoms with Crippen molar-refractivity contribution in [2.45, 2.75) is 26.1 Å². The van der Waals surface area contributed by atoms with Crippen LogP contribution < -0.4 is 5.32 Å². The Morgan fingerprint density at radius 3 is 3.08 bits per heavy atom. The van der Waals surface area contributed by atoms with Gasteiger partial charge in [-0.1, -0.05) is 0 Å². The Balaban J connectivity index is 2.28. The molecule has 5 heteroatoms. The lowest BCUT2D eigenvalue weighted by Crippen LogP contribution is -2.20. The number of aromatic nitrogens is 3. The summed E-state index contributed by atoms with van der Waals surface area (Å²) in [6.45, 7) is 4.98. The highest BCUT2D eigenvalue weighted by Gasteiger charge is 2.19. The highest BCUT2D eigenvalue weighted by molar-refractivity contribution is 5.62. The first kappa shape index (κ1) is 8.37. The van der Waals surface area contributed by atoms with Crippen LogP contribution in [0.4, 0.5) is 0 Å². The van der Waals surface area contributed by atoms with E-state index in [9.17, 15) is 0 Å². The molecule has 0 amide bonds. The minimum Gasteiger partial charge on any atom is -0.284 e. The fourth-order valence-corrected chi connectivity index (χ4v) is 1.39. The molecule has 13 heavy (non-hydrogen) atoms. The van der Waals surface area contributed by atoms with Crippen LogP contribution in [0.15, 0.2) is 11.3 Å². The highest BCUT2D eigenvalue weighted by Crippen LogP contribution is 2.16. The van der Waals surface area contributed by atoms with Crippen molar-refractivity contribution in [1.29, 1.82) is 0 Å². The maximum atomic E-state index is 4.26. The average molecular weight is 179 g/mol. The number of nitrogens with zero attached hydrogens (tertiary/aromatic N) is 4. The molecule has 1 atom stereocenters. The van der Waals surface area contributed by atoms with Crippen LogP contribution in [-0.2, 0) is 0 Å². The van der Waals surface area contributed by atoms with Crippen molar-refractivity contribution in [3.63, 3.8) is 0 Å². The van der Waals surface area contributed by atoms with Crippen molar-refractivity contribution >= 4 is 6.21 Å². The summed E-state index contributed by atoms with van der Waals surface area (Å²) in [5.41, 5.74) is 0. The fraction of sp³-hybridized carbons (Fsp3) is 0.625. The van der Waals surface area contributed by atoms with Gasteiger partial charge < -0.3 is 0 Å². The maximum absolute atomic E-state index is 4.26. The first-order valence-electron chi connectivity index (χ1n) is 4.43. The molecule has 2 heterocycles. The van der Waals surface area contributed by atoms with Gasteiger partial charge >= 0.3 is 0 Å². The van der Waals surface area contributed by atoms with Gasteiger partial charge in [0, 0.05) is 18.8 Å². The Hall–Kier alpha value is -1.23. The van der Waals surface area contributed by atoms with E-state index in [4.69, 9.17) is 0 Å². The summed E-state index contributed by atoms with van der Waals surface area (Å²) < 4.78 is 1.89. The van der Waals surface area contributed by atoms with E-state index in [0.29, 0.717) is 6.04 Å². The van der Waals surface area contributed by atoms with Crippen molar-refractivity contribution in [1.82, 2.24) is 20.1 Å². The SMILES string of the molecule is CC(C)n1ncnc1C1N=CCN1. The highest BCUT2D eigenvalue weighted by atomic mass is 15.4. The molecular weight excluding hydrogens is 166 g/mol. The second kappa shape index (κ2) is 3.26. The summed E-state index contributed by atoms with van der Waals surface area (Å²) in [4.78, 5) is 8.46. The first-order valence-corrected chi connectivity index (χ1v) is 4.43. The predicted molar refractivity (Wildman–Crippen MR) is 49.6 cm³/mol. The average Bonchev–Trinajstić information content (AvgIpc) is 2.74. The van der Waals surface area contributed by atoms with Gasteiger partial charge in [0.2, 0.25) is 0 Å². The van der Waals surface area contributed by atoms with E-state index >= 15 is 0 Å². The zero-order valence-electron chi connectivity index (χ0n) is 7.81. The van der Waals surface area contributed by atoms with Crippen LogP contribution in [0.25, 0.3) is 0 Å². The molecule has 0 fully saturated rings. The van der Waals surface area contributed by atoms with Gasteiger partial charge in [-0.15, -0.1) is 0 Å². The summed E-state index contributed by atoms with van der Waals surface area (Å²) in [5, 5.41) is 7.36. The molecule has 0 spiro atoms. The number of aliphatic imine (C=N–C) groups is 1. The molecule has 5 nitrogen and oxygen atoms in total. The quantitative estimate of drug-likeness (QED) is 0.720. The molecule has 1 N–H and O–H groups in total. The van der Waals surface area contributed by atoms with E-state index in [2.05, 4.69) is 34.2 Å². The number of hydrogen-bond donors (Lipinski definition) is 1. The summed E-state index contributed by atoms with van der Waals surface area (Å²) >= 11 is 0. The second-order valence-electron chi connectivity index (χ2n) is 3.30. The molecule has 0 radical (unpaired) electrons. The molecule has 0 bridgehead atoms. The van der Waals surface area contributed by atoms with E-state index in [1.165, 1.54) is 0 Å². The Kier molecular flexibility index (Phi) is 2.10. The third-order valence-electron chi connectivity index (χ3n) is 1.99. The smallest absolute Gasteiger partial charge is 0.166 e. The van der Waals surface area contributed by atoms with Crippen molar-refractivity contribution in [3.05, 3.63) is 12.2 Å². The monoisotopic (exact) mass is 179 g/mol. The van der Waals surface area contributed by atoms with E-state index in [-0.39, 0.29) is 6.17 Å². The molecule has 1 aromatic heterocycles.